The first-order valence-corrected chi connectivity index (χ1v) is 6.69. The van der Waals surface area contributed by atoms with Gasteiger partial charge in [0.05, 0.1) is 11.5 Å². The lowest BCUT2D eigenvalue weighted by atomic mass is 9.85. The van der Waals surface area contributed by atoms with Crippen LogP contribution in [-0.2, 0) is 11.2 Å². The van der Waals surface area contributed by atoms with E-state index in [1.54, 1.807) is 18.2 Å². The number of carboxylic acids is 1. The first-order chi connectivity index (χ1) is 9.00. The fraction of sp³-hybridized carbons (Fsp3) is 0.533. The molecular formula is C15H19FO3. The summed E-state index contributed by atoms with van der Waals surface area (Å²) >= 11 is 0. The molecule has 104 valence electrons. The van der Waals surface area contributed by atoms with E-state index >= 15 is 0 Å². The minimum Gasteiger partial charge on any atom is -0.481 e. The van der Waals surface area contributed by atoms with Gasteiger partial charge in [-0.1, -0.05) is 31.0 Å². The Hall–Kier alpha value is -1.42. The van der Waals surface area contributed by atoms with Crippen molar-refractivity contribution in [2.45, 2.75) is 44.1 Å². The van der Waals surface area contributed by atoms with E-state index in [0.717, 1.165) is 12.8 Å². The molecule has 0 saturated heterocycles. The van der Waals surface area contributed by atoms with Gasteiger partial charge in [0.2, 0.25) is 0 Å². The number of carboxylic acid groups (broad SMARTS) is 1. The third kappa shape index (κ3) is 3.53. The molecule has 0 bridgehead atoms. The van der Waals surface area contributed by atoms with E-state index < -0.39 is 17.5 Å². The Kier molecular flexibility index (Phi) is 4.20. The van der Waals surface area contributed by atoms with Gasteiger partial charge in [-0.25, -0.2) is 4.39 Å². The van der Waals surface area contributed by atoms with E-state index in [1.807, 2.05) is 0 Å². The summed E-state index contributed by atoms with van der Waals surface area (Å²) in [6.45, 7) is 0. The van der Waals surface area contributed by atoms with E-state index in [2.05, 4.69) is 0 Å². The van der Waals surface area contributed by atoms with E-state index in [-0.39, 0.29) is 18.7 Å². The highest BCUT2D eigenvalue weighted by molar-refractivity contribution is 5.70. The molecule has 2 rings (SSSR count). The number of hydrogen-bond acceptors (Lipinski definition) is 2. The van der Waals surface area contributed by atoms with Gasteiger partial charge in [0.25, 0.3) is 0 Å². The van der Waals surface area contributed by atoms with Crippen molar-refractivity contribution in [3.63, 3.8) is 0 Å². The van der Waals surface area contributed by atoms with E-state index in [9.17, 15) is 19.4 Å². The quantitative estimate of drug-likeness (QED) is 0.861. The Balaban J connectivity index is 2.08. The zero-order valence-corrected chi connectivity index (χ0v) is 10.8. The highest BCUT2D eigenvalue weighted by Crippen LogP contribution is 2.35. The second kappa shape index (κ2) is 5.70. The first kappa shape index (κ1) is 14.0. The van der Waals surface area contributed by atoms with Crippen molar-refractivity contribution in [3.8, 4) is 0 Å². The molecule has 2 N–H and O–H groups in total. The van der Waals surface area contributed by atoms with Crippen molar-refractivity contribution >= 4 is 5.97 Å². The van der Waals surface area contributed by atoms with Gasteiger partial charge >= 0.3 is 5.97 Å². The molecule has 1 aliphatic rings. The van der Waals surface area contributed by atoms with Crippen LogP contribution >= 0.6 is 0 Å². The fourth-order valence-corrected chi connectivity index (χ4v) is 2.87. The molecule has 0 radical (unpaired) electrons. The largest absolute Gasteiger partial charge is 0.481 e. The molecule has 1 aliphatic carbocycles. The molecule has 0 aromatic heterocycles. The number of aliphatic carboxylic acids is 1. The number of benzene rings is 1. The molecule has 1 atom stereocenters. The lowest BCUT2D eigenvalue weighted by molar-refractivity contribution is -0.144. The third-order valence-electron chi connectivity index (χ3n) is 3.93. The summed E-state index contributed by atoms with van der Waals surface area (Å²) in [4.78, 5) is 11.3. The summed E-state index contributed by atoms with van der Waals surface area (Å²) in [6, 6.07) is 6.21. The van der Waals surface area contributed by atoms with Crippen LogP contribution in [0.25, 0.3) is 0 Å². The topological polar surface area (TPSA) is 57.5 Å². The van der Waals surface area contributed by atoms with Crippen molar-refractivity contribution in [2.75, 3.05) is 0 Å². The van der Waals surface area contributed by atoms with E-state index in [0.29, 0.717) is 18.4 Å². The summed E-state index contributed by atoms with van der Waals surface area (Å²) in [6.07, 6.45) is 3.49. The molecule has 1 fully saturated rings. The van der Waals surface area contributed by atoms with E-state index in [1.165, 1.54) is 6.07 Å². The predicted molar refractivity (Wildman–Crippen MR) is 69.3 cm³/mol. The number of aliphatic hydroxyl groups is 1. The van der Waals surface area contributed by atoms with Crippen molar-refractivity contribution < 1.29 is 19.4 Å². The second-order valence-corrected chi connectivity index (χ2v) is 5.47. The number of rotatable bonds is 5. The Labute approximate surface area is 112 Å². The normalized spacial score (nSPS) is 19.3. The number of hydrogen-bond donors (Lipinski definition) is 2. The highest BCUT2D eigenvalue weighted by Gasteiger charge is 2.36. The lowest BCUT2D eigenvalue weighted by Crippen LogP contribution is -2.32. The molecule has 1 saturated carbocycles. The van der Waals surface area contributed by atoms with Crippen LogP contribution in [0.15, 0.2) is 24.3 Å². The van der Waals surface area contributed by atoms with Crippen molar-refractivity contribution in [3.05, 3.63) is 35.6 Å². The second-order valence-electron chi connectivity index (χ2n) is 5.47. The highest BCUT2D eigenvalue weighted by atomic mass is 19.1. The van der Waals surface area contributed by atoms with E-state index in [4.69, 9.17) is 0 Å². The van der Waals surface area contributed by atoms with Gasteiger partial charge in [-0.3, -0.25) is 4.79 Å². The van der Waals surface area contributed by atoms with Gasteiger partial charge in [0.1, 0.15) is 5.82 Å². The molecule has 1 aromatic rings. The van der Waals surface area contributed by atoms with Crippen LogP contribution in [0.3, 0.4) is 0 Å². The van der Waals surface area contributed by atoms with Crippen LogP contribution in [0.5, 0.6) is 0 Å². The average molecular weight is 266 g/mol. The summed E-state index contributed by atoms with van der Waals surface area (Å²) in [7, 11) is 0. The Morgan fingerprint density at radius 2 is 1.95 bits per heavy atom. The molecule has 0 spiro atoms. The molecule has 1 unspecified atom stereocenters. The zero-order chi connectivity index (χ0) is 13.9. The van der Waals surface area contributed by atoms with Crippen LogP contribution in [0.2, 0.25) is 0 Å². The SMILES string of the molecule is O=C(O)C(Cc1ccccc1F)CC1(O)CCCC1. The summed E-state index contributed by atoms with van der Waals surface area (Å²) in [5, 5.41) is 19.6. The van der Waals surface area contributed by atoms with Gasteiger partial charge in [-0.2, -0.15) is 0 Å². The Bertz CT molecular complexity index is 452. The predicted octanol–water partition coefficient (Wildman–Crippen LogP) is 2.76. The average Bonchev–Trinajstić information content (AvgIpc) is 2.78. The van der Waals surface area contributed by atoms with Gasteiger partial charge in [0.15, 0.2) is 0 Å². The molecule has 0 heterocycles. The summed E-state index contributed by atoms with van der Waals surface area (Å²) in [5.41, 5.74) is -0.481. The Morgan fingerprint density at radius 1 is 1.32 bits per heavy atom. The minimum atomic E-state index is -0.969. The Morgan fingerprint density at radius 3 is 2.53 bits per heavy atom. The molecular weight excluding hydrogens is 247 g/mol. The van der Waals surface area contributed by atoms with Gasteiger partial charge < -0.3 is 10.2 Å². The first-order valence-electron chi connectivity index (χ1n) is 6.69. The summed E-state index contributed by atoms with van der Waals surface area (Å²) < 4.78 is 13.6. The van der Waals surface area contributed by atoms with Crippen LogP contribution in [0.1, 0.15) is 37.7 Å². The van der Waals surface area contributed by atoms with Gasteiger partial charge in [-0.05, 0) is 37.3 Å². The number of carbonyl (C=O) groups is 1. The van der Waals surface area contributed by atoms with Crippen LogP contribution in [0, 0.1) is 11.7 Å². The summed E-state index contributed by atoms with van der Waals surface area (Å²) in [5.74, 6) is -2.09. The molecule has 19 heavy (non-hydrogen) atoms. The van der Waals surface area contributed by atoms with Crippen molar-refractivity contribution in [1.29, 1.82) is 0 Å². The molecule has 0 amide bonds. The molecule has 1 aromatic carbocycles. The van der Waals surface area contributed by atoms with Crippen LogP contribution in [0.4, 0.5) is 4.39 Å². The van der Waals surface area contributed by atoms with Crippen molar-refractivity contribution in [2.24, 2.45) is 5.92 Å². The monoisotopic (exact) mass is 266 g/mol. The lowest BCUT2D eigenvalue weighted by Gasteiger charge is -2.26. The van der Waals surface area contributed by atoms with Gasteiger partial charge in [-0.15, -0.1) is 0 Å². The number of halogens is 1. The third-order valence-corrected chi connectivity index (χ3v) is 3.93. The van der Waals surface area contributed by atoms with Gasteiger partial charge in [0, 0.05) is 0 Å². The molecule has 4 heteroatoms. The smallest absolute Gasteiger partial charge is 0.306 e. The van der Waals surface area contributed by atoms with Crippen molar-refractivity contribution in [1.82, 2.24) is 0 Å². The molecule has 3 nitrogen and oxygen atoms in total. The maximum Gasteiger partial charge on any atom is 0.306 e. The maximum absolute atomic E-state index is 13.6. The zero-order valence-electron chi connectivity index (χ0n) is 10.8. The van der Waals surface area contributed by atoms with Crippen LogP contribution < -0.4 is 0 Å². The van der Waals surface area contributed by atoms with Crippen LogP contribution in [-0.4, -0.2) is 21.8 Å². The minimum absolute atomic E-state index is 0.129. The standard InChI is InChI=1S/C15H19FO3/c16-13-6-2-1-5-11(13)9-12(14(17)18)10-15(19)7-3-4-8-15/h1-2,5-6,12,19H,3-4,7-10H2,(H,17,18). The molecule has 0 aliphatic heterocycles. The fourth-order valence-electron chi connectivity index (χ4n) is 2.87. The maximum atomic E-state index is 13.6.